The van der Waals surface area contributed by atoms with E-state index in [9.17, 15) is 14.4 Å². The molecule has 30 heavy (non-hydrogen) atoms. The Kier molecular flexibility index (Phi) is 10.5. The van der Waals surface area contributed by atoms with Gasteiger partial charge < -0.3 is 20.9 Å². The number of aromatic amines is 1. The van der Waals surface area contributed by atoms with E-state index in [1.165, 1.54) is 36.4 Å². The van der Waals surface area contributed by atoms with Gasteiger partial charge in [0.05, 0.1) is 13.0 Å². The summed E-state index contributed by atoms with van der Waals surface area (Å²) in [6, 6.07) is 0. The van der Waals surface area contributed by atoms with Crippen molar-refractivity contribution in [1.29, 1.82) is 0 Å². The second-order valence-corrected chi connectivity index (χ2v) is 7.60. The molecule has 0 spiro atoms. The van der Waals surface area contributed by atoms with Gasteiger partial charge in [-0.3, -0.25) is 19.1 Å². The number of aliphatic hydroxyl groups excluding tert-OH is 1. The van der Waals surface area contributed by atoms with Crippen LogP contribution in [0.1, 0.15) is 63.2 Å². The second kappa shape index (κ2) is 13.1. The van der Waals surface area contributed by atoms with Gasteiger partial charge >= 0.3 is 5.69 Å². The SMILES string of the molecule is NCCCCCCCCCCNC(=O)Cc1cn([C@@H]2C=C[C@H](CO)O2)c(=O)[nH]c1=O. The van der Waals surface area contributed by atoms with Gasteiger partial charge in [-0.2, -0.15) is 0 Å². The number of unbranched alkanes of at least 4 members (excludes halogenated alkanes) is 7. The van der Waals surface area contributed by atoms with Gasteiger partial charge in [-0.25, -0.2) is 4.79 Å². The Hall–Kier alpha value is -2.23. The molecule has 0 fully saturated rings. The largest absolute Gasteiger partial charge is 0.393 e. The number of nitrogens with two attached hydrogens (primary N) is 1. The molecule has 1 aromatic heterocycles. The summed E-state index contributed by atoms with van der Waals surface area (Å²) in [5.41, 5.74) is 4.46. The fourth-order valence-corrected chi connectivity index (χ4v) is 3.39. The van der Waals surface area contributed by atoms with E-state index in [0.29, 0.717) is 6.54 Å². The van der Waals surface area contributed by atoms with Crippen molar-refractivity contribution >= 4 is 5.91 Å². The molecular formula is C21H34N4O5. The molecule has 1 aliphatic rings. The lowest BCUT2D eigenvalue weighted by molar-refractivity contribution is -0.120. The fourth-order valence-electron chi connectivity index (χ4n) is 3.39. The molecule has 0 saturated heterocycles. The van der Waals surface area contributed by atoms with Crippen LogP contribution in [0.15, 0.2) is 27.9 Å². The van der Waals surface area contributed by atoms with Gasteiger partial charge in [-0.05, 0) is 25.5 Å². The normalized spacial score (nSPS) is 18.1. The smallest absolute Gasteiger partial charge is 0.330 e. The summed E-state index contributed by atoms with van der Waals surface area (Å²) in [6.45, 7) is 1.13. The summed E-state index contributed by atoms with van der Waals surface area (Å²) < 4.78 is 6.70. The molecule has 2 rings (SSSR count). The van der Waals surface area contributed by atoms with Crippen LogP contribution in [0.3, 0.4) is 0 Å². The number of ether oxygens (including phenoxy) is 1. The number of aromatic nitrogens is 2. The maximum absolute atomic E-state index is 12.2. The third kappa shape index (κ3) is 7.89. The molecule has 0 aliphatic carbocycles. The van der Waals surface area contributed by atoms with Crippen LogP contribution in [-0.2, 0) is 16.0 Å². The number of aliphatic hydroxyl groups is 1. The Morgan fingerprint density at radius 3 is 2.40 bits per heavy atom. The van der Waals surface area contributed by atoms with Crippen LogP contribution in [0.2, 0.25) is 0 Å². The maximum atomic E-state index is 12.2. The van der Waals surface area contributed by atoms with Crippen molar-refractivity contribution in [3.8, 4) is 0 Å². The van der Waals surface area contributed by atoms with Gasteiger partial charge in [0.1, 0.15) is 6.10 Å². The number of nitrogens with one attached hydrogen (secondary N) is 2. The Morgan fingerprint density at radius 2 is 1.77 bits per heavy atom. The van der Waals surface area contributed by atoms with Crippen molar-refractivity contribution < 1.29 is 14.6 Å². The van der Waals surface area contributed by atoms with Crippen molar-refractivity contribution in [2.75, 3.05) is 19.7 Å². The van der Waals surface area contributed by atoms with Crippen LogP contribution in [0.25, 0.3) is 0 Å². The maximum Gasteiger partial charge on any atom is 0.330 e. The summed E-state index contributed by atoms with van der Waals surface area (Å²) in [5.74, 6) is -0.261. The van der Waals surface area contributed by atoms with Crippen molar-refractivity contribution in [2.24, 2.45) is 5.73 Å². The summed E-state index contributed by atoms with van der Waals surface area (Å²) >= 11 is 0. The Morgan fingerprint density at radius 1 is 1.10 bits per heavy atom. The minimum Gasteiger partial charge on any atom is -0.393 e. The van der Waals surface area contributed by atoms with Crippen LogP contribution >= 0.6 is 0 Å². The first-order valence-corrected chi connectivity index (χ1v) is 10.8. The van der Waals surface area contributed by atoms with Gasteiger partial charge in [0.15, 0.2) is 6.23 Å². The van der Waals surface area contributed by atoms with Crippen LogP contribution in [0, 0.1) is 0 Å². The monoisotopic (exact) mass is 422 g/mol. The van der Waals surface area contributed by atoms with Gasteiger partial charge in [0, 0.05) is 18.3 Å². The minimum absolute atomic E-state index is 0.114. The molecule has 1 aromatic rings. The average molecular weight is 423 g/mol. The number of rotatable bonds is 14. The van der Waals surface area contributed by atoms with Crippen LogP contribution in [0.5, 0.6) is 0 Å². The van der Waals surface area contributed by atoms with E-state index in [2.05, 4.69) is 10.3 Å². The molecule has 9 nitrogen and oxygen atoms in total. The van der Waals surface area contributed by atoms with E-state index in [0.717, 1.165) is 32.2 Å². The van der Waals surface area contributed by atoms with E-state index in [1.807, 2.05) is 0 Å². The first kappa shape index (κ1) is 24.0. The molecule has 0 radical (unpaired) electrons. The van der Waals surface area contributed by atoms with Crippen LogP contribution < -0.4 is 22.3 Å². The number of H-pyrrole nitrogens is 1. The molecule has 5 N–H and O–H groups in total. The molecule has 9 heteroatoms. The molecule has 0 unspecified atom stereocenters. The van der Waals surface area contributed by atoms with E-state index < -0.39 is 23.6 Å². The Balaban J connectivity index is 1.72. The highest BCUT2D eigenvalue weighted by Crippen LogP contribution is 2.19. The topological polar surface area (TPSA) is 139 Å². The number of carbonyl (C=O) groups excluding carboxylic acids is 1. The molecule has 2 atom stereocenters. The lowest BCUT2D eigenvalue weighted by atomic mass is 10.1. The minimum atomic E-state index is -0.719. The van der Waals surface area contributed by atoms with Gasteiger partial charge in [0.2, 0.25) is 5.91 Å². The van der Waals surface area contributed by atoms with Crippen molar-refractivity contribution in [1.82, 2.24) is 14.9 Å². The molecular weight excluding hydrogens is 388 g/mol. The van der Waals surface area contributed by atoms with Crippen molar-refractivity contribution in [3.05, 3.63) is 44.8 Å². The second-order valence-electron chi connectivity index (χ2n) is 7.60. The summed E-state index contributed by atoms with van der Waals surface area (Å²) in [7, 11) is 0. The highest BCUT2D eigenvalue weighted by molar-refractivity contribution is 5.78. The molecule has 0 saturated carbocycles. The number of nitrogens with zero attached hydrogens (tertiary/aromatic N) is 1. The predicted molar refractivity (Wildman–Crippen MR) is 114 cm³/mol. The van der Waals surface area contributed by atoms with Crippen LogP contribution in [-0.4, -0.2) is 46.4 Å². The summed E-state index contributed by atoms with van der Waals surface area (Å²) in [6.07, 6.45) is 12.3. The van der Waals surface area contributed by atoms with Gasteiger partial charge in [-0.15, -0.1) is 0 Å². The quantitative estimate of drug-likeness (QED) is 0.257. The Labute approximate surface area is 176 Å². The van der Waals surface area contributed by atoms with E-state index >= 15 is 0 Å². The van der Waals surface area contributed by atoms with Crippen molar-refractivity contribution in [3.63, 3.8) is 0 Å². The molecule has 1 aliphatic heterocycles. The average Bonchev–Trinajstić information content (AvgIpc) is 3.20. The predicted octanol–water partition coefficient (Wildman–Crippen LogP) is 0.721. The van der Waals surface area contributed by atoms with E-state index in [1.54, 1.807) is 12.2 Å². The molecule has 0 bridgehead atoms. The lowest BCUT2D eigenvalue weighted by Gasteiger charge is -2.15. The Bertz CT molecular complexity index is 801. The highest BCUT2D eigenvalue weighted by atomic mass is 16.5. The zero-order chi connectivity index (χ0) is 21.8. The first-order valence-electron chi connectivity index (χ1n) is 10.8. The third-order valence-electron chi connectivity index (χ3n) is 5.10. The number of amides is 1. The first-order chi connectivity index (χ1) is 14.5. The number of hydrogen-bond donors (Lipinski definition) is 4. The third-order valence-corrected chi connectivity index (χ3v) is 5.10. The number of carbonyl (C=O) groups is 1. The van der Waals surface area contributed by atoms with Gasteiger partial charge in [0.25, 0.3) is 5.56 Å². The highest BCUT2D eigenvalue weighted by Gasteiger charge is 2.22. The fraction of sp³-hybridized carbons (Fsp3) is 0.667. The van der Waals surface area contributed by atoms with E-state index in [4.69, 9.17) is 15.6 Å². The molecule has 2 heterocycles. The molecule has 168 valence electrons. The standard InChI is InChI=1S/C21H34N4O5/c22-11-7-5-3-1-2-4-6-8-12-23-18(27)13-16-14-25(21(29)24-20(16)28)19-10-9-17(15-26)30-19/h9-10,14,17,19,26H,1-8,11-13,15,22H2,(H,23,27)(H,24,28,29)/t17-,19+/m1/s1. The van der Waals surface area contributed by atoms with Gasteiger partial charge in [-0.1, -0.05) is 44.6 Å². The number of hydrogen-bond acceptors (Lipinski definition) is 6. The molecule has 0 aromatic carbocycles. The lowest BCUT2D eigenvalue weighted by Crippen LogP contribution is -2.36. The summed E-state index contributed by atoms with van der Waals surface area (Å²) in [5, 5.41) is 12.0. The van der Waals surface area contributed by atoms with E-state index in [-0.39, 0.29) is 24.5 Å². The summed E-state index contributed by atoms with van der Waals surface area (Å²) in [4.78, 5) is 38.5. The zero-order valence-electron chi connectivity index (χ0n) is 17.5. The van der Waals surface area contributed by atoms with Crippen LogP contribution in [0.4, 0.5) is 0 Å². The van der Waals surface area contributed by atoms with Crippen molar-refractivity contribution in [2.45, 2.75) is 70.1 Å². The zero-order valence-corrected chi connectivity index (χ0v) is 17.5. The molecule has 1 amide bonds.